The second kappa shape index (κ2) is 18.7. The number of anilines is 1. The lowest BCUT2D eigenvalue weighted by molar-refractivity contribution is -0.136. The van der Waals surface area contributed by atoms with Crippen LogP contribution in [0.2, 0.25) is 0 Å². The Hall–Kier alpha value is -7.47. The third-order valence-corrected chi connectivity index (χ3v) is 11.9. The van der Waals surface area contributed by atoms with Gasteiger partial charge in [-0.05, 0) is 72.0 Å². The number of imide groups is 2. The molecule has 3 aliphatic rings. The quantitative estimate of drug-likeness (QED) is 0.117. The van der Waals surface area contributed by atoms with Crippen molar-refractivity contribution in [3.05, 3.63) is 153 Å². The Balaban J connectivity index is 0.955. The van der Waals surface area contributed by atoms with Gasteiger partial charge in [-0.3, -0.25) is 48.7 Å². The zero-order valence-corrected chi connectivity index (χ0v) is 35.1. The molecule has 18 heteroatoms. The van der Waals surface area contributed by atoms with E-state index in [-0.39, 0.29) is 43.5 Å². The zero-order chi connectivity index (χ0) is 45.9. The van der Waals surface area contributed by atoms with E-state index in [1.165, 1.54) is 36.5 Å². The molecule has 2 aromatic heterocycles. The molecule has 0 aliphatic carbocycles. The second-order valence-corrected chi connectivity index (χ2v) is 16.1. The van der Waals surface area contributed by atoms with Crippen molar-refractivity contribution in [1.82, 2.24) is 35.3 Å². The monoisotopic (exact) mass is 888 g/mol. The fourth-order valence-corrected chi connectivity index (χ4v) is 8.53. The van der Waals surface area contributed by atoms with Crippen LogP contribution in [0.4, 0.5) is 18.9 Å². The summed E-state index contributed by atoms with van der Waals surface area (Å²) in [6, 6.07) is 17.0. The third-order valence-electron chi connectivity index (χ3n) is 11.9. The van der Waals surface area contributed by atoms with E-state index in [9.17, 15) is 46.7 Å². The van der Waals surface area contributed by atoms with Gasteiger partial charge in [0.15, 0.2) is 0 Å². The van der Waals surface area contributed by atoms with Crippen molar-refractivity contribution >= 4 is 41.1 Å². The van der Waals surface area contributed by atoms with E-state index in [4.69, 9.17) is 0 Å². The zero-order valence-electron chi connectivity index (χ0n) is 35.1. The van der Waals surface area contributed by atoms with Crippen LogP contribution in [0.15, 0.2) is 96.1 Å². The van der Waals surface area contributed by atoms with Gasteiger partial charge in [-0.25, -0.2) is 13.8 Å². The molecule has 0 saturated carbocycles. The Morgan fingerprint density at radius 3 is 2.32 bits per heavy atom. The summed E-state index contributed by atoms with van der Waals surface area (Å²) in [5, 5.41) is 7.75. The molecule has 3 N–H and O–H groups in total. The fraction of sp³-hybridized carbons (Fsp3) is 0.277. The largest absolute Gasteiger partial charge is 0.368 e. The fourth-order valence-electron chi connectivity index (χ4n) is 8.53. The normalized spacial score (nSPS) is 16.9. The highest BCUT2D eigenvalue weighted by atomic mass is 19.1. The van der Waals surface area contributed by atoms with Crippen molar-refractivity contribution in [1.29, 1.82) is 0 Å². The van der Waals surface area contributed by atoms with Gasteiger partial charge in [0.2, 0.25) is 23.7 Å². The van der Waals surface area contributed by atoms with Crippen LogP contribution >= 0.6 is 0 Å². The molecule has 1 unspecified atom stereocenters. The summed E-state index contributed by atoms with van der Waals surface area (Å²) in [6.45, 7) is 4.06. The number of hydrogen-bond acceptors (Lipinski definition) is 10. The second-order valence-electron chi connectivity index (χ2n) is 16.1. The van der Waals surface area contributed by atoms with E-state index in [0.29, 0.717) is 66.2 Å². The molecule has 15 nitrogen and oxygen atoms in total. The minimum absolute atomic E-state index is 0.00968. The van der Waals surface area contributed by atoms with Crippen molar-refractivity contribution < 1.29 is 41.9 Å². The first-order valence-corrected chi connectivity index (χ1v) is 21.0. The SMILES string of the molecule is Cc1cc(F)ncc1-c1ccccc1C[C@H](NC(=O)c1cc(F)cn(Cc2ccc(F)cc2)c1=O)C(=O)NCCN1CCN(c2cccc3c2C(=O)N(C2CCC(=O)NC2=O)C3=O)CC1. The molecule has 5 aromatic rings. The molecular formula is C47H43F3N8O7. The van der Waals surface area contributed by atoms with Crippen molar-refractivity contribution in [3.63, 3.8) is 0 Å². The first-order chi connectivity index (χ1) is 31.2. The lowest BCUT2D eigenvalue weighted by atomic mass is 9.93. The molecular weight excluding hydrogens is 846 g/mol. The van der Waals surface area contributed by atoms with Gasteiger partial charge in [0.1, 0.15) is 29.3 Å². The van der Waals surface area contributed by atoms with Crippen LogP contribution in [0.3, 0.4) is 0 Å². The number of nitrogens with one attached hydrogen (secondary N) is 3. The van der Waals surface area contributed by atoms with Gasteiger partial charge >= 0.3 is 0 Å². The maximum absolute atomic E-state index is 15.0. The Morgan fingerprint density at radius 1 is 0.846 bits per heavy atom. The summed E-state index contributed by atoms with van der Waals surface area (Å²) in [5.74, 6) is -5.96. The predicted molar refractivity (Wildman–Crippen MR) is 230 cm³/mol. The molecule has 2 atom stereocenters. The number of fused-ring (bicyclic) bond motifs is 1. The molecule has 0 spiro atoms. The molecule has 3 aromatic carbocycles. The molecule has 8 rings (SSSR count). The minimum atomic E-state index is -1.28. The first-order valence-electron chi connectivity index (χ1n) is 21.0. The number of piperidine rings is 1. The summed E-state index contributed by atoms with van der Waals surface area (Å²) in [7, 11) is 0. The van der Waals surface area contributed by atoms with Gasteiger partial charge in [0.25, 0.3) is 23.3 Å². The van der Waals surface area contributed by atoms with Crippen LogP contribution in [0.5, 0.6) is 0 Å². The number of hydrogen-bond donors (Lipinski definition) is 3. The van der Waals surface area contributed by atoms with Crippen LogP contribution < -0.4 is 26.4 Å². The summed E-state index contributed by atoms with van der Waals surface area (Å²) in [4.78, 5) is 102. The topological polar surface area (TPSA) is 183 Å². The molecule has 3 aliphatic heterocycles. The lowest BCUT2D eigenvalue weighted by Crippen LogP contribution is -2.54. The van der Waals surface area contributed by atoms with E-state index < -0.39 is 76.2 Å². The summed E-state index contributed by atoms with van der Waals surface area (Å²) < 4.78 is 43.5. The predicted octanol–water partition coefficient (Wildman–Crippen LogP) is 3.37. The number of carbonyl (C=O) groups is 6. The van der Waals surface area contributed by atoms with Crippen LogP contribution in [-0.2, 0) is 27.3 Å². The van der Waals surface area contributed by atoms with Gasteiger partial charge in [-0.1, -0.05) is 42.5 Å². The van der Waals surface area contributed by atoms with Crippen molar-refractivity contribution in [2.45, 2.75) is 44.8 Å². The number of pyridine rings is 2. The van der Waals surface area contributed by atoms with Crippen molar-refractivity contribution in [2.75, 3.05) is 44.2 Å². The van der Waals surface area contributed by atoms with Crippen molar-refractivity contribution in [3.8, 4) is 11.1 Å². The van der Waals surface area contributed by atoms with Crippen LogP contribution in [-0.4, -0.2) is 106 Å². The molecule has 0 bridgehead atoms. The third kappa shape index (κ3) is 9.43. The number of piperazine rings is 1. The van der Waals surface area contributed by atoms with Gasteiger partial charge in [0, 0.05) is 70.1 Å². The Morgan fingerprint density at radius 2 is 1.58 bits per heavy atom. The van der Waals surface area contributed by atoms with Crippen molar-refractivity contribution in [2.24, 2.45) is 0 Å². The maximum Gasteiger partial charge on any atom is 0.264 e. The summed E-state index contributed by atoms with van der Waals surface area (Å²) >= 11 is 0. The maximum atomic E-state index is 15.0. The molecule has 2 fully saturated rings. The van der Waals surface area contributed by atoms with E-state index in [2.05, 4.69) is 25.8 Å². The highest BCUT2D eigenvalue weighted by Crippen LogP contribution is 2.35. The Kier molecular flexibility index (Phi) is 12.7. The summed E-state index contributed by atoms with van der Waals surface area (Å²) in [6.07, 6.45) is 2.29. The molecule has 334 valence electrons. The molecule has 2 saturated heterocycles. The number of benzene rings is 3. The van der Waals surface area contributed by atoms with Gasteiger partial charge < -0.3 is 20.1 Å². The van der Waals surface area contributed by atoms with Gasteiger partial charge in [0.05, 0.1) is 23.4 Å². The summed E-state index contributed by atoms with van der Waals surface area (Å²) in [5.41, 5.74) is 2.46. The average Bonchev–Trinajstić information content (AvgIpc) is 3.54. The smallest absolute Gasteiger partial charge is 0.264 e. The molecule has 0 radical (unpaired) electrons. The van der Waals surface area contributed by atoms with E-state index in [1.54, 1.807) is 49.4 Å². The van der Waals surface area contributed by atoms with E-state index in [0.717, 1.165) is 21.7 Å². The van der Waals surface area contributed by atoms with Crippen LogP contribution in [0, 0.1) is 24.5 Å². The van der Waals surface area contributed by atoms with E-state index >= 15 is 0 Å². The van der Waals surface area contributed by atoms with E-state index in [1.807, 2.05) is 4.90 Å². The molecule has 5 heterocycles. The molecule has 65 heavy (non-hydrogen) atoms. The lowest BCUT2D eigenvalue weighted by Gasteiger charge is -2.36. The molecule has 6 amide bonds. The van der Waals surface area contributed by atoms with Gasteiger partial charge in [-0.15, -0.1) is 0 Å². The number of aromatic nitrogens is 2. The van der Waals surface area contributed by atoms with Gasteiger partial charge in [-0.2, -0.15) is 4.39 Å². The highest BCUT2D eigenvalue weighted by Gasteiger charge is 2.46. The standard InChI is InChI=1S/C47H43F3N8O7/c1-27-21-39(50)52-24-35(27)32-6-3-2-5-29(32)22-36(53-42(60)34-23-31(49)26-57(45(34)63)25-28-9-11-30(48)12-10-28)43(61)51-15-16-55-17-19-56(20-18-55)37-8-4-7-33-41(37)47(65)58(46(33)64)38-13-14-40(59)54-44(38)62/h2-12,21,23-24,26,36,38H,13-20,22,25H2,1H3,(H,51,61)(H,53,60)(H,54,59,62)/t36-,38?/m0/s1. The number of halogens is 3. The average molecular weight is 889 g/mol. The Labute approximate surface area is 370 Å². The number of aryl methyl sites for hydroxylation is 1. The number of amides is 6. The van der Waals surface area contributed by atoms with Crippen LogP contribution in [0.25, 0.3) is 11.1 Å². The minimum Gasteiger partial charge on any atom is -0.368 e. The Bertz CT molecular complexity index is 2790. The first kappa shape index (κ1) is 44.1. The number of rotatable bonds is 13. The number of carbonyl (C=O) groups excluding carboxylic acids is 6. The number of nitrogens with zero attached hydrogens (tertiary/aromatic N) is 5. The van der Waals surface area contributed by atoms with Crippen LogP contribution in [0.1, 0.15) is 60.6 Å². The highest BCUT2D eigenvalue weighted by molar-refractivity contribution is 6.25.